The molecule has 0 radical (unpaired) electrons. The second-order valence-electron chi connectivity index (χ2n) is 6.64. The van der Waals surface area contributed by atoms with Crippen molar-refractivity contribution in [2.75, 3.05) is 12.4 Å². The first-order valence-corrected chi connectivity index (χ1v) is 10.5. The van der Waals surface area contributed by atoms with E-state index in [2.05, 4.69) is 0 Å². The smallest absolute Gasteiger partial charge is 0.160 e. The summed E-state index contributed by atoms with van der Waals surface area (Å²) >= 11 is 0. The van der Waals surface area contributed by atoms with Crippen molar-refractivity contribution >= 4 is 9.84 Å². The molecule has 6 nitrogen and oxygen atoms in total. The van der Waals surface area contributed by atoms with Crippen LogP contribution >= 0.6 is 0 Å². The second-order valence-corrected chi connectivity index (χ2v) is 8.90. The Morgan fingerprint density at radius 3 is 1.81 bits per heavy atom. The molecule has 27 heavy (non-hydrogen) atoms. The predicted molar refractivity (Wildman–Crippen MR) is 101 cm³/mol. The van der Waals surface area contributed by atoms with E-state index in [1.54, 1.807) is 0 Å². The van der Waals surface area contributed by atoms with Crippen LogP contribution in [0.5, 0.6) is 0 Å². The number of hydrogen-bond acceptors (Lipinski definition) is 6. The number of hydrogen-bond donors (Lipinski definition) is 2. The third-order valence-corrected chi connectivity index (χ3v) is 6.83. The van der Waals surface area contributed by atoms with E-state index in [9.17, 15) is 18.6 Å². The maximum atomic E-state index is 12.4. The average molecular weight is 392 g/mol. The Labute approximate surface area is 159 Å². The zero-order chi connectivity index (χ0) is 19.3. The van der Waals surface area contributed by atoms with Crippen molar-refractivity contribution in [3.63, 3.8) is 0 Å². The molecule has 2 aromatic rings. The molecule has 0 saturated carbocycles. The zero-order valence-electron chi connectivity index (χ0n) is 14.8. The number of aliphatic hydroxyl groups is 2. The van der Waals surface area contributed by atoms with Crippen LogP contribution in [0.15, 0.2) is 60.7 Å². The largest absolute Gasteiger partial charge is 0.395 e. The molecule has 1 fully saturated rings. The monoisotopic (exact) mass is 392 g/mol. The van der Waals surface area contributed by atoms with Crippen LogP contribution in [0.4, 0.5) is 0 Å². The van der Waals surface area contributed by atoms with Crippen molar-refractivity contribution in [2.24, 2.45) is 0 Å². The molecule has 3 rings (SSSR count). The highest BCUT2D eigenvalue weighted by molar-refractivity contribution is 7.92. The molecule has 7 heteroatoms. The molecule has 0 spiro atoms. The molecule has 2 aromatic carbocycles. The second kappa shape index (κ2) is 8.95. The van der Waals surface area contributed by atoms with Gasteiger partial charge in [-0.2, -0.15) is 0 Å². The maximum Gasteiger partial charge on any atom is 0.160 e. The minimum Gasteiger partial charge on any atom is -0.395 e. The van der Waals surface area contributed by atoms with Gasteiger partial charge in [0.15, 0.2) is 9.84 Å². The van der Waals surface area contributed by atoms with Crippen LogP contribution in [0, 0.1) is 0 Å². The van der Waals surface area contributed by atoms with Gasteiger partial charge in [0.1, 0.15) is 17.5 Å². The van der Waals surface area contributed by atoms with Crippen LogP contribution in [0.25, 0.3) is 0 Å². The van der Waals surface area contributed by atoms with Gasteiger partial charge in [-0.05, 0) is 11.1 Å². The van der Waals surface area contributed by atoms with Crippen molar-refractivity contribution in [1.29, 1.82) is 0 Å². The first-order valence-electron chi connectivity index (χ1n) is 8.83. The van der Waals surface area contributed by atoms with Gasteiger partial charge in [0, 0.05) is 0 Å². The number of rotatable bonds is 7. The van der Waals surface area contributed by atoms with Crippen molar-refractivity contribution in [2.45, 2.75) is 36.8 Å². The van der Waals surface area contributed by atoms with E-state index >= 15 is 0 Å². The Hall–Kier alpha value is -1.77. The first-order chi connectivity index (χ1) is 13.0. The Morgan fingerprint density at radius 1 is 0.852 bits per heavy atom. The van der Waals surface area contributed by atoms with Crippen molar-refractivity contribution in [1.82, 2.24) is 0 Å². The van der Waals surface area contributed by atoms with E-state index in [1.165, 1.54) is 0 Å². The molecule has 0 amide bonds. The van der Waals surface area contributed by atoms with Gasteiger partial charge in [0.2, 0.25) is 0 Å². The van der Waals surface area contributed by atoms with Crippen LogP contribution in [-0.4, -0.2) is 54.6 Å². The van der Waals surface area contributed by atoms with Crippen molar-refractivity contribution in [3.8, 4) is 0 Å². The molecule has 1 aliphatic rings. The molecule has 1 saturated heterocycles. The summed E-state index contributed by atoms with van der Waals surface area (Å²) in [5.41, 5.74) is 1.77. The number of benzene rings is 2. The van der Waals surface area contributed by atoms with Crippen molar-refractivity contribution < 1.29 is 28.1 Å². The van der Waals surface area contributed by atoms with Gasteiger partial charge in [0.05, 0.1) is 31.7 Å². The minimum atomic E-state index is -3.70. The number of ether oxygens (including phenoxy) is 2. The van der Waals surface area contributed by atoms with E-state index in [4.69, 9.17) is 9.47 Å². The summed E-state index contributed by atoms with van der Waals surface area (Å²) in [5, 5.41) is 19.0. The molecule has 0 unspecified atom stereocenters. The first kappa shape index (κ1) is 20.0. The predicted octanol–water partition coefficient (Wildman–Crippen LogP) is 1.31. The number of aliphatic hydroxyl groups excluding tert-OH is 2. The summed E-state index contributed by atoms with van der Waals surface area (Å²) in [6.45, 7) is -0.207. The fourth-order valence-electron chi connectivity index (χ4n) is 3.25. The molecule has 0 aromatic heterocycles. The highest BCUT2D eigenvalue weighted by atomic mass is 32.2. The van der Waals surface area contributed by atoms with Crippen LogP contribution < -0.4 is 0 Å². The summed E-state index contributed by atoms with van der Waals surface area (Å²) in [6.07, 6.45) is -3.04. The number of sulfone groups is 1. The highest BCUT2D eigenvalue weighted by Gasteiger charge is 2.48. The summed E-state index contributed by atoms with van der Waals surface area (Å²) in [6, 6.07) is 18.7. The fraction of sp³-hybridized carbons (Fsp3) is 0.400. The van der Waals surface area contributed by atoms with Crippen LogP contribution in [0.2, 0.25) is 0 Å². The molecule has 1 heterocycles. The maximum absolute atomic E-state index is 12.4. The summed E-state index contributed by atoms with van der Waals surface area (Å²) in [7, 11) is -3.70. The van der Waals surface area contributed by atoms with Gasteiger partial charge in [-0.15, -0.1) is 0 Å². The van der Waals surface area contributed by atoms with E-state index in [0.717, 1.165) is 11.1 Å². The van der Waals surface area contributed by atoms with Crippen molar-refractivity contribution in [3.05, 3.63) is 71.8 Å². The van der Waals surface area contributed by atoms with Crippen LogP contribution in [-0.2, 0) is 32.5 Å². The lowest BCUT2D eigenvalue weighted by Gasteiger charge is -2.39. The molecule has 0 bridgehead atoms. The van der Waals surface area contributed by atoms with Gasteiger partial charge >= 0.3 is 0 Å². The SMILES string of the molecule is O=S1(=O)C[C@@H](O)[C@@H](OCc2ccccc2)[C@H](OCc2ccccc2)[C@@H]1CO. The standard InChI is InChI=1S/C20H24O6S/c21-11-18-20(26-13-16-9-5-2-6-10-16)19(17(22)14-27(18,23)24)25-12-15-7-3-1-4-8-15/h1-10,17-22H,11-14H2/t17-,18+,19-,20-/m1/s1. The zero-order valence-corrected chi connectivity index (χ0v) is 15.7. The minimum absolute atomic E-state index is 0.162. The van der Waals surface area contributed by atoms with Crippen LogP contribution in [0.3, 0.4) is 0 Å². The lowest BCUT2D eigenvalue weighted by atomic mass is 10.0. The van der Waals surface area contributed by atoms with Gasteiger partial charge in [0.25, 0.3) is 0 Å². The highest BCUT2D eigenvalue weighted by Crippen LogP contribution is 2.27. The molecular weight excluding hydrogens is 368 g/mol. The van der Waals surface area contributed by atoms with Gasteiger partial charge in [-0.3, -0.25) is 0 Å². The van der Waals surface area contributed by atoms with Crippen LogP contribution in [0.1, 0.15) is 11.1 Å². The normalized spacial score (nSPS) is 27.3. The third kappa shape index (κ3) is 4.94. The van der Waals surface area contributed by atoms with Gasteiger partial charge in [-0.25, -0.2) is 8.42 Å². The summed E-state index contributed by atoms with van der Waals surface area (Å²) in [5.74, 6) is -0.455. The van der Waals surface area contributed by atoms with E-state index < -0.39 is 45.8 Å². The van der Waals surface area contributed by atoms with Gasteiger partial charge in [-0.1, -0.05) is 60.7 Å². The van der Waals surface area contributed by atoms with E-state index in [-0.39, 0.29) is 13.2 Å². The fourth-order valence-corrected chi connectivity index (χ4v) is 5.03. The molecular formula is C20H24O6S. The molecule has 2 N–H and O–H groups in total. The van der Waals surface area contributed by atoms with E-state index in [0.29, 0.717) is 0 Å². The lowest BCUT2D eigenvalue weighted by Crippen LogP contribution is -2.59. The average Bonchev–Trinajstić information content (AvgIpc) is 2.66. The third-order valence-electron chi connectivity index (χ3n) is 4.68. The molecule has 1 aliphatic heterocycles. The summed E-state index contributed by atoms with van der Waals surface area (Å²) in [4.78, 5) is 0. The summed E-state index contributed by atoms with van der Waals surface area (Å²) < 4.78 is 36.5. The Kier molecular flexibility index (Phi) is 6.62. The molecule has 4 atom stereocenters. The Bertz CT molecular complexity index is 809. The molecule has 0 aliphatic carbocycles. The lowest BCUT2D eigenvalue weighted by molar-refractivity contribution is -0.135. The Morgan fingerprint density at radius 2 is 1.33 bits per heavy atom. The molecule has 146 valence electrons. The van der Waals surface area contributed by atoms with E-state index in [1.807, 2.05) is 60.7 Å². The Balaban J connectivity index is 1.78. The topological polar surface area (TPSA) is 93.1 Å². The quantitative estimate of drug-likeness (QED) is 0.738. The van der Waals surface area contributed by atoms with Gasteiger partial charge < -0.3 is 19.7 Å².